The van der Waals surface area contributed by atoms with E-state index in [4.69, 9.17) is 0 Å². The van der Waals surface area contributed by atoms with Crippen LogP contribution in [0.2, 0.25) is 0 Å². The summed E-state index contributed by atoms with van der Waals surface area (Å²) in [4.78, 5) is 32.9. The van der Waals surface area contributed by atoms with Crippen LogP contribution in [0.15, 0.2) is 42.1 Å². The van der Waals surface area contributed by atoms with Crippen molar-refractivity contribution < 1.29 is 27.2 Å². The van der Waals surface area contributed by atoms with E-state index < -0.39 is 53.2 Å². The molecule has 3 N–H and O–H groups in total. The summed E-state index contributed by atoms with van der Waals surface area (Å²) in [5.74, 6) is -7.27. The van der Waals surface area contributed by atoms with E-state index in [1.165, 1.54) is 6.08 Å². The molecule has 178 valence electrons. The van der Waals surface area contributed by atoms with E-state index in [0.29, 0.717) is 28.5 Å². The maximum absolute atomic E-state index is 14.3. The van der Waals surface area contributed by atoms with Crippen LogP contribution in [0.4, 0.5) is 23.2 Å². The zero-order valence-electron chi connectivity index (χ0n) is 17.8. The number of para-hydroxylation sites is 2. The van der Waals surface area contributed by atoms with Crippen LogP contribution >= 0.6 is 11.8 Å². The molecule has 1 atom stereocenters. The SMILES string of the molecule is CSCC[C@H](NC(=O)C1=CCC(=O)N(c2c(F)c(F)cc(F)c2F)N1)c1nc2ccccc2[nH]1. The van der Waals surface area contributed by atoms with Crippen molar-refractivity contribution in [3.05, 3.63) is 71.2 Å². The molecule has 7 nitrogen and oxygen atoms in total. The van der Waals surface area contributed by atoms with Gasteiger partial charge >= 0.3 is 0 Å². The van der Waals surface area contributed by atoms with Gasteiger partial charge in [-0.15, -0.1) is 0 Å². The highest BCUT2D eigenvalue weighted by atomic mass is 32.2. The molecule has 0 spiro atoms. The van der Waals surface area contributed by atoms with Crippen molar-refractivity contribution in [3.63, 3.8) is 0 Å². The van der Waals surface area contributed by atoms with E-state index >= 15 is 0 Å². The van der Waals surface area contributed by atoms with Crippen molar-refractivity contribution in [1.29, 1.82) is 0 Å². The van der Waals surface area contributed by atoms with E-state index in [-0.39, 0.29) is 11.8 Å². The molecule has 2 aromatic carbocycles. The number of halogens is 4. The lowest BCUT2D eigenvalue weighted by atomic mass is 10.1. The minimum Gasteiger partial charge on any atom is -0.341 e. The van der Waals surface area contributed by atoms with E-state index in [0.717, 1.165) is 5.52 Å². The first-order valence-corrected chi connectivity index (χ1v) is 11.6. The summed E-state index contributed by atoms with van der Waals surface area (Å²) in [5, 5.41) is 3.08. The number of fused-ring (bicyclic) bond motifs is 1. The molecule has 0 fully saturated rings. The lowest BCUT2D eigenvalue weighted by Gasteiger charge is -2.29. The molecule has 0 aliphatic carbocycles. The predicted octanol–water partition coefficient (Wildman–Crippen LogP) is 3.86. The van der Waals surface area contributed by atoms with E-state index in [1.807, 2.05) is 30.5 Å². The second kappa shape index (κ2) is 9.75. The molecule has 4 rings (SSSR count). The number of nitrogens with zero attached hydrogens (tertiary/aromatic N) is 2. The summed E-state index contributed by atoms with van der Waals surface area (Å²) < 4.78 is 55.8. The fraction of sp³-hybridized carbons (Fsp3) is 0.227. The second-order valence-electron chi connectivity index (χ2n) is 7.43. The van der Waals surface area contributed by atoms with Gasteiger partial charge in [-0.2, -0.15) is 11.8 Å². The maximum Gasteiger partial charge on any atom is 0.269 e. The molecule has 0 saturated carbocycles. The molecule has 2 amide bonds. The summed E-state index contributed by atoms with van der Waals surface area (Å²) in [6, 6.07) is 6.83. The standard InChI is InChI=1S/C22H19F4N5O2S/c1-34-9-8-15(21-27-13-4-2-3-5-14(13)28-21)29-22(33)16-6-7-17(32)31(30-16)20-18(25)11(23)10-12(24)19(20)26/h2-6,10,15,30H,7-9H2,1H3,(H,27,28)(H,29,33)/t15-/m0/s1. The van der Waals surface area contributed by atoms with Crippen LogP contribution in [0.1, 0.15) is 24.7 Å². The fourth-order valence-electron chi connectivity index (χ4n) is 3.48. The van der Waals surface area contributed by atoms with Gasteiger partial charge in [-0.3, -0.25) is 15.0 Å². The number of hydrogen-bond acceptors (Lipinski definition) is 5. The fourth-order valence-corrected chi connectivity index (χ4v) is 3.95. The first-order chi connectivity index (χ1) is 16.3. The summed E-state index contributed by atoms with van der Waals surface area (Å²) in [6.45, 7) is 0. The molecule has 0 radical (unpaired) electrons. The van der Waals surface area contributed by atoms with Crippen LogP contribution in [0.5, 0.6) is 0 Å². The normalized spacial score (nSPS) is 14.7. The lowest BCUT2D eigenvalue weighted by molar-refractivity contribution is -0.120. The number of H-pyrrole nitrogens is 1. The quantitative estimate of drug-likeness (QED) is 0.344. The number of hydrazine groups is 1. The molecule has 1 aromatic heterocycles. The Hall–Kier alpha value is -3.54. The Morgan fingerprint density at radius 1 is 1.21 bits per heavy atom. The van der Waals surface area contributed by atoms with E-state index in [9.17, 15) is 27.2 Å². The summed E-state index contributed by atoms with van der Waals surface area (Å²) in [7, 11) is 0. The highest BCUT2D eigenvalue weighted by Gasteiger charge is 2.32. The molecule has 1 aliphatic heterocycles. The topological polar surface area (TPSA) is 90.1 Å². The number of aromatic amines is 1. The average molecular weight is 493 g/mol. The van der Waals surface area contributed by atoms with Gasteiger partial charge in [-0.25, -0.2) is 27.6 Å². The Morgan fingerprint density at radius 3 is 2.59 bits per heavy atom. The molecule has 0 unspecified atom stereocenters. The van der Waals surface area contributed by atoms with Crippen LogP contribution in [-0.2, 0) is 9.59 Å². The zero-order chi connectivity index (χ0) is 24.4. The number of imidazole rings is 1. The Balaban J connectivity index is 1.58. The minimum absolute atomic E-state index is 0.0374. The number of amides is 2. The van der Waals surface area contributed by atoms with Gasteiger partial charge in [-0.1, -0.05) is 12.1 Å². The second-order valence-corrected chi connectivity index (χ2v) is 8.41. The van der Waals surface area contributed by atoms with Crippen molar-refractivity contribution >= 4 is 40.3 Å². The van der Waals surface area contributed by atoms with Gasteiger partial charge in [-0.05, 0) is 36.6 Å². The van der Waals surface area contributed by atoms with E-state index in [2.05, 4.69) is 20.7 Å². The van der Waals surface area contributed by atoms with Gasteiger partial charge in [0, 0.05) is 12.5 Å². The summed E-state index contributed by atoms with van der Waals surface area (Å²) >= 11 is 1.57. The summed E-state index contributed by atoms with van der Waals surface area (Å²) in [6.07, 6.45) is 3.23. The number of hydrogen-bond donors (Lipinski definition) is 3. The third-order valence-electron chi connectivity index (χ3n) is 5.17. The molecular weight excluding hydrogens is 474 g/mol. The van der Waals surface area contributed by atoms with Gasteiger partial charge in [0.25, 0.3) is 5.91 Å². The third-order valence-corrected chi connectivity index (χ3v) is 5.82. The van der Waals surface area contributed by atoms with Crippen LogP contribution < -0.4 is 15.8 Å². The molecular formula is C22H19F4N5O2S. The minimum atomic E-state index is -1.76. The Bertz CT molecular complexity index is 1240. The van der Waals surface area contributed by atoms with Crippen LogP contribution in [-0.4, -0.2) is 33.8 Å². The number of thioether (sulfide) groups is 1. The van der Waals surface area contributed by atoms with Gasteiger partial charge in [0.1, 0.15) is 17.2 Å². The molecule has 0 saturated heterocycles. The van der Waals surface area contributed by atoms with Crippen molar-refractivity contribution in [1.82, 2.24) is 20.7 Å². The number of carbonyl (C=O) groups is 2. The molecule has 2 heterocycles. The molecule has 3 aromatic rings. The number of aromatic nitrogens is 2. The van der Waals surface area contributed by atoms with Crippen LogP contribution in [0.3, 0.4) is 0 Å². The average Bonchev–Trinajstić information content (AvgIpc) is 3.26. The predicted molar refractivity (Wildman–Crippen MR) is 120 cm³/mol. The molecule has 12 heteroatoms. The molecule has 34 heavy (non-hydrogen) atoms. The van der Waals surface area contributed by atoms with Crippen molar-refractivity contribution in [2.75, 3.05) is 17.0 Å². The number of benzene rings is 2. The number of carbonyl (C=O) groups excluding carboxylic acids is 2. The zero-order valence-corrected chi connectivity index (χ0v) is 18.6. The van der Waals surface area contributed by atoms with E-state index in [1.54, 1.807) is 11.8 Å². The van der Waals surface area contributed by atoms with Crippen LogP contribution in [0, 0.1) is 23.3 Å². The smallest absolute Gasteiger partial charge is 0.269 e. The van der Waals surface area contributed by atoms with Gasteiger partial charge in [0.2, 0.25) is 5.91 Å². The number of nitrogens with one attached hydrogen (secondary N) is 3. The molecule has 0 bridgehead atoms. The van der Waals surface area contributed by atoms with Gasteiger partial charge in [0.05, 0.1) is 17.1 Å². The first-order valence-electron chi connectivity index (χ1n) is 10.2. The Morgan fingerprint density at radius 2 is 1.91 bits per heavy atom. The van der Waals surface area contributed by atoms with Gasteiger partial charge in [0.15, 0.2) is 23.3 Å². The largest absolute Gasteiger partial charge is 0.341 e. The monoisotopic (exact) mass is 493 g/mol. The summed E-state index contributed by atoms with van der Waals surface area (Å²) in [5.41, 5.74) is 2.30. The Kier molecular flexibility index (Phi) is 6.77. The van der Waals surface area contributed by atoms with Crippen molar-refractivity contribution in [2.45, 2.75) is 18.9 Å². The lowest BCUT2D eigenvalue weighted by Crippen LogP contribution is -2.50. The highest BCUT2D eigenvalue weighted by molar-refractivity contribution is 7.98. The number of anilines is 1. The Labute approximate surface area is 195 Å². The van der Waals surface area contributed by atoms with Crippen LogP contribution in [0.25, 0.3) is 11.0 Å². The third kappa shape index (κ3) is 4.58. The van der Waals surface area contributed by atoms with Gasteiger partial charge < -0.3 is 10.3 Å². The maximum atomic E-state index is 14.3. The number of rotatable bonds is 7. The van der Waals surface area contributed by atoms with Crippen molar-refractivity contribution in [2.24, 2.45) is 0 Å². The molecule has 1 aliphatic rings. The van der Waals surface area contributed by atoms with Crippen molar-refractivity contribution in [3.8, 4) is 0 Å². The first kappa shape index (κ1) is 23.6. The highest BCUT2D eigenvalue weighted by Crippen LogP contribution is 2.29.